The summed E-state index contributed by atoms with van der Waals surface area (Å²) in [5.74, 6) is -2.70. The van der Waals surface area contributed by atoms with Crippen LogP contribution in [0.1, 0.15) is 23.7 Å². The van der Waals surface area contributed by atoms with Crippen molar-refractivity contribution < 1.29 is 28.7 Å². The average molecular weight is 350 g/mol. The number of rotatable bonds is 8. The van der Waals surface area contributed by atoms with E-state index in [2.05, 4.69) is 20.1 Å². The van der Waals surface area contributed by atoms with E-state index in [1.165, 1.54) is 14.2 Å². The van der Waals surface area contributed by atoms with Crippen molar-refractivity contribution in [2.75, 3.05) is 20.8 Å². The molecule has 0 bridgehead atoms. The molecule has 2 atom stereocenters. The molecule has 2 amide bonds. The average Bonchev–Trinajstić information content (AvgIpc) is 2.63. The Morgan fingerprint density at radius 3 is 2.24 bits per heavy atom. The molecule has 0 fully saturated rings. The minimum Gasteiger partial charge on any atom is -0.469 e. The van der Waals surface area contributed by atoms with E-state index < -0.39 is 35.7 Å². The molecule has 25 heavy (non-hydrogen) atoms. The molecular formula is C17H22N2O6. The van der Waals surface area contributed by atoms with Crippen molar-refractivity contribution in [3.63, 3.8) is 0 Å². The lowest BCUT2D eigenvalue weighted by Crippen LogP contribution is -2.49. The summed E-state index contributed by atoms with van der Waals surface area (Å²) in [6, 6.07) is 7.39. The third kappa shape index (κ3) is 6.62. The molecule has 0 unspecified atom stereocenters. The van der Waals surface area contributed by atoms with Crippen molar-refractivity contribution in [1.82, 2.24) is 10.6 Å². The van der Waals surface area contributed by atoms with Gasteiger partial charge in [0.15, 0.2) is 0 Å². The normalized spacial score (nSPS) is 12.4. The fourth-order valence-corrected chi connectivity index (χ4v) is 2.10. The Bertz CT molecular complexity index is 617. The van der Waals surface area contributed by atoms with Crippen LogP contribution in [0.5, 0.6) is 0 Å². The number of benzene rings is 1. The third-order valence-electron chi connectivity index (χ3n) is 3.50. The summed E-state index contributed by atoms with van der Waals surface area (Å²) in [6.07, 6.45) is -0.0626. The number of hydrogen-bond donors (Lipinski definition) is 2. The zero-order chi connectivity index (χ0) is 18.8. The van der Waals surface area contributed by atoms with Crippen molar-refractivity contribution in [2.24, 2.45) is 5.92 Å². The maximum Gasteiger partial charge on any atom is 0.328 e. The molecule has 2 N–H and O–H groups in total. The number of nitrogens with one attached hydrogen (secondary N) is 2. The number of esters is 2. The Labute approximate surface area is 145 Å². The van der Waals surface area contributed by atoms with Crippen molar-refractivity contribution in [1.29, 1.82) is 0 Å². The lowest BCUT2D eigenvalue weighted by molar-refractivity contribution is -0.148. The van der Waals surface area contributed by atoms with Gasteiger partial charge in [-0.25, -0.2) is 4.79 Å². The van der Waals surface area contributed by atoms with Gasteiger partial charge in [0, 0.05) is 5.56 Å². The fourth-order valence-electron chi connectivity index (χ4n) is 2.10. The van der Waals surface area contributed by atoms with Gasteiger partial charge in [0.05, 0.1) is 27.2 Å². The Morgan fingerprint density at radius 1 is 1.04 bits per heavy atom. The van der Waals surface area contributed by atoms with Gasteiger partial charge in [0.1, 0.15) is 6.04 Å². The van der Waals surface area contributed by atoms with E-state index in [0.717, 1.165) is 0 Å². The van der Waals surface area contributed by atoms with E-state index in [4.69, 9.17) is 0 Å². The zero-order valence-electron chi connectivity index (χ0n) is 14.4. The van der Waals surface area contributed by atoms with Crippen LogP contribution in [0.3, 0.4) is 0 Å². The van der Waals surface area contributed by atoms with E-state index in [-0.39, 0.29) is 13.0 Å². The van der Waals surface area contributed by atoms with Crippen LogP contribution in [0.2, 0.25) is 0 Å². The van der Waals surface area contributed by atoms with Crippen molar-refractivity contribution in [3.8, 4) is 0 Å². The van der Waals surface area contributed by atoms with Gasteiger partial charge in [-0.05, 0) is 18.1 Å². The first-order valence-corrected chi connectivity index (χ1v) is 7.66. The van der Waals surface area contributed by atoms with Crippen LogP contribution in [0.25, 0.3) is 0 Å². The van der Waals surface area contributed by atoms with Crippen molar-refractivity contribution >= 4 is 23.8 Å². The number of carbonyl (C=O) groups is 4. The van der Waals surface area contributed by atoms with Gasteiger partial charge in [-0.3, -0.25) is 14.4 Å². The summed E-state index contributed by atoms with van der Waals surface area (Å²) >= 11 is 0. The molecule has 1 aromatic carbocycles. The largest absolute Gasteiger partial charge is 0.469 e. The van der Waals surface area contributed by atoms with E-state index in [9.17, 15) is 19.2 Å². The molecule has 8 nitrogen and oxygen atoms in total. The van der Waals surface area contributed by atoms with Gasteiger partial charge in [-0.15, -0.1) is 0 Å². The van der Waals surface area contributed by atoms with Crippen LogP contribution in [-0.4, -0.2) is 50.6 Å². The lowest BCUT2D eigenvalue weighted by atomic mass is 9.98. The predicted molar refractivity (Wildman–Crippen MR) is 88.5 cm³/mol. The van der Waals surface area contributed by atoms with Gasteiger partial charge in [-0.2, -0.15) is 0 Å². The topological polar surface area (TPSA) is 111 Å². The molecule has 1 rings (SSSR count). The quantitative estimate of drug-likeness (QED) is 0.651. The van der Waals surface area contributed by atoms with Crippen molar-refractivity contribution in [3.05, 3.63) is 35.9 Å². The van der Waals surface area contributed by atoms with E-state index in [1.54, 1.807) is 37.3 Å². The predicted octanol–water partition coefficient (Wildman–Crippen LogP) is 0.273. The number of amides is 2. The SMILES string of the molecule is COC(=O)C[C@H](C)[C@H](NC(=O)CNC(=O)c1ccccc1)C(=O)OC. The molecule has 0 saturated carbocycles. The molecule has 1 aromatic rings. The molecule has 0 saturated heterocycles. The molecule has 136 valence electrons. The standard InChI is InChI=1S/C17H22N2O6/c1-11(9-14(21)24-2)15(17(23)25-3)19-13(20)10-18-16(22)12-7-5-4-6-8-12/h4-8,11,15H,9-10H2,1-3H3,(H,18,22)(H,19,20)/t11-,15-/m0/s1. The summed E-state index contributed by atoms with van der Waals surface area (Å²) in [6.45, 7) is 1.30. The van der Waals surface area contributed by atoms with Gasteiger partial charge in [0.2, 0.25) is 5.91 Å². The third-order valence-corrected chi connectivity index (χ3v) is 3.50. The molecule has 0 spiro atoms. The fraction of sp³-hybridized carbons (Fsp3) is 0.412. The smallest absolute Gasteiger partial charge is 0.328 e. The maximum absolute atomic E-state index is 12.0. The first-order chi connectivity index (χ1) is 11.9. The summed E-state index contributed by atoms with van der Waals surface area (Å²) in [4.78, 5) is 47.1. The summed E-state index contributed by atoms with van der Waals surface area (Å²) in [7, 11) is 2.42. The molecular weight excluding hydrogens is 328 g/mol. The zero-order valence-corrected chi connectivity index (χ0v) is 14.4. The summed E-state index contributed by atoms with van der Waals surface area (Å²) < 4.78 is 9.21. The molecule has 0 heterocycles. The second-order valence-corrected chi connectivity index (χ2v) is 5.37. The highest BCUT2D eigenvalue weighted by Crippen LogP contribution is 2.11. The number of hydrogen-bond acceptors (Lipinski definition) is 6. The first-order valence-electron chi connectivity index (χ1n) is 7.66. The molecule has 0 radical (unpaired) electrons. The molecule has 0 aliphatic rings. The number of ether oxygens (including phenoxy) is 2. The van der Waals surface area contributed by atoms with Crippen LogP contribution in [-0.2, 0) is 23.9 Å². The van der Waals surface area contributed by atoms with Crippen LogP contribution >= 0.6 is 0 Å². The van der Waals surface area contributed by atoms with Crippen LogP contribution in [0.15, 0.2) is 30.3 Å². The van der Waals surface area contributed by atoms with Gasteiger partial charge in [-0.1, -0.05) is 25.1 Å². The molecule has 0 aliphatic heterocycles. The molecule has 8 heteroatoms. The van der Waals surface area contributed by atoms with E-state index in [1.807, 2.05) is 0 Å². The van der Waals surface area contributed by atoms with Gasteiger partial charge in [0.25, 0.3) is 5.91 Å². The Balaban J connectivity index is 2.61. The second-order valence-electron chi connectivity index (χ2n) is 5.37. The Morgan fingerprint density at radius 2 is 1.68 bits per heavy atom. The molecule has 0 aromatic heterocycles. The highest BCUT2D eigenvalue weighted by atomic mass is 16.5. The summed E-state index contributed by atoms with van der Waals surface area (Å²) in [5.41, 5.74) is 0.416. The van der Waals surface area contributed by atoms with Crippen LogP contribution < -0.4 is 10.6 Å². The number of methoxy groups -OCH3 is 2. The Hall–Kier alpha value is -2.90. The molecule has 0 aliphatic carbocycles. The lowest BCUT2D eigenvalue weighted by Gasteiger charge is -2.22. The van der Waals surface area contributed by atoms with Crippen LogP contribution in [0, 0.1) is 5.92 Å². The van der Waals surface area contributed by atoms with Crippen LogP contribution in [0.4, 0.5) is 0 Å². The first kappa shape index (κ1) is 20.1. The highest BCUT2D eigenvalue weighted by Gasteiger charge is 2.29. The van der Waals surface area contributed by atoms with Crippen molar-refractivity contribution in [2.45, 2.75) is 19.4 Å². The van der Waals surface area contributed by atoms with Gasteiger partial charge >= 0.3 is 11.9 Å². The highest BCUT2D eigenvalue weighted by molar-refractivity contribution is 5.96. The van der Waals surface area contributed by atoms with E-state index in [0.29, 0.717) is 5.56 Å². The second kappa shape index (κ2) is 10.1. The number of carbonyl (C=O) groups excluding carboxylic acids is 4. The minimum atomic E-state index is -1.02. The summed E-state index contributed by atoms with van der Waals surface area (Å²) in [5, 5.41) is 4.92. The van der Waals surface area contributed by atoms with E-state index >= 15 is 0 Å². The monoisotopic (exact) mass is 350 g/mol. The maximum atomic E-state index is 12.0. The Kier molecular flexibility index (Phi) is 8.11. The minimum absolute atomic E-state index is 0.0626. The van der Waals surface area contributed by atoms with Gasteiger partial charge < -0.3 is 20.1 Å².